The number of carbonyl (C=O) groups excluding carboxylic acids is 1. The molecule has 0 aliphatic carbocycles. The van der Waals surface area contributed by atoms with Crippen LogP contribution in [0.2, 0.25) is 0 Å². The van der Waals surface area contributed by atoms with Crippen molar-refractivity contribution in [3.8, 4) is 0 Å². The molecule has 1 atom stereocenters. The second-order valence-electron chi connectivity index (χ2n) is 3.59. The van der Waals surface area contributed by atoms with Gasteiger partial charge in [0.05, 0.1) is 0 Å². The lowest BCUT2D eigenvalue weighted by molar-refractivity contribution is -0.126. The Morgan fingerprint density at radius 3 is 2.87 bits per heavy atom. The van der Waals surface area contributed by atoms with E-state index in [9.17, 15) is 4.79 Å². The van der Waals surface area contributed by atoms with E-state index >= 15 is 0 Å². The maximum atomic E-state index is 11.4. The summed E-state index contributed by atoms with van der Waals surface area (Å²) in [6, 6.07) is 0. The predicted molar refractivity (Wildman–Crippen MR) is 58.4 cm³/mol. The fraction of sp³-hybridized carbons (Fsp3) is 0.556. The number of nitrogens with two attached hydrogens (primary N) is 3. The van der Waals surface area contributed by atoms with Crippen molar-refractivity contribution >= 4 is 11.9 Å². The first-order valence-electron chi connectivity index (χ1n) is 4.90. The number of guanidine groups is 1. The number of hydrogen-bond donors (Lipinski definition) is 4. The third-order valence-electron chi connectivity index (χ3n) is 2.26. The fourth-order valence-electron chi connectivity index (χ4n) is 1.52. The average Bonchev–Trinajstić information content (AvgIpc) is 2.18. The number of aliphatic imine (C=N–C) groups is 1. The van der Waals surface area contributed by atoms with E-state index in [1.54, 1.807) is 0 Å². The van der Waals surface area contributed by atoms with E-state index in [0.29, 0.717) is 12.1 Å². The predicted octanol–water partition coefficient (Wildman–Crippen LogP) is -1.02. The molecule has 0 aromatic rings. The number of carbonyl (C=O) groups is 1. The summed E-state index contributed by atoms with van der Waals surface area (Å²) in [6.07, 6.45) is 3.76. The summed E-state index contributed by atoms with van der Waals surface area (Å²) >= 11 is 0. The highest BCUT2D eigenvalue weighted by Crippen LogP contribution is 2.17. The molecule has 1 aliphatic heterocycles. The Kier molecular flexibility index (Phi) is 3.96. The maximum absolute atomic E-state index is 11.4. The molecule has 1 rings (SSSR count). The number of nitrogens with zero attached hydrogens (tertiary/aromatic N) is 1. The summed E-state index contributed by atoms with van der Waals surface area (Å²) in [7, 11) is 0. The molecule has 15 heavy (non-hydrogen) atoms. The molecule has 1 fully saturated rings. The quantitative estimate of drug-likeness (QED) is 0.352. The van der Waals surface area contributed by atoms with Crippen LogP contribution in [0.3, 0.4) is 0 Å². The molecule has 1 aliphatic rings. The molecule has 6 heteroatoms. The van der Waals surface area contributed by atoms with Crippen LogP contribution in [-0.2, 0) is 4.79 Å². The summed E-state index contributed by atoms with van der Waals surface area (Å²) in [5.41, 5.74) is 16.5. The standard InChI is InChI=1S/C9H17N5O/c10-7(5-14-9(11)12)4-6-2-1-3-13-8(6)15/h5-6H,1-4,10H2,(H,13,15)(H4,11,12,14)/b7-5-/t6-/m1/s1. The third kappa shape index (κ3) is 3.88. The van der Waals surface area contributed by atoms with Crippen LogP contribution in [0, 0.1) is 5.92 Å². The van der Waals surface area contributed by atoms with E-state index in [-0.39, 0.29) is 17.8 Å². The Balaban J connectivity index is 2.49. The molecular formula is C9H17N5O. The van der Waals surface area contributed by atoms with Crippen molar-refractivity contribution in [3.63, 3.8) is 0 Å². The van der Waals surface area contributed by atoms with Crippen molar-refractivity contribution in [2.75, 3.05) is 6.54 Å². The molecule has 1 heterocycles. The summed E-state index contributed by atoms with van der Waals surface area (Å²) in [5.74, 6) is -0.0301. The fourth-order valence-corrected chi connectivity index (χ4v) is 1.52. The van der Waals surface area contributed by atoms with Crippen molar-refractivity contribution in [1.82, 2.24) is 5.32 Å². The smallest absolute Gasteiger partial charge is 0.223 e. The topological polar surface area (TPSA) is 120 Å². The van der Waals surface area contributed by atoms with Crippen LogP contribution in [0.4, 0.5) is 0 Å². The van der Waals surface area contributed by atoms with Gasteiger partial charge >= 0.3 is 0 Å². The molecule has 0 aromatic heterocycles. The molecule has 1 amide bonds. The molecule has 84 valence electrons. The minimum atomic E-state index is -0.0517. The van der Waals surface area contributed by atoms with E-state index < -0.39 is 0 Å². The summed E-state index contributed by atoms with van der Waals surface area (Å²) < 4.78 is 0. The van der Waals surface area contributed by atoms with Gasteiger partial charge in [-0.15, -0.1) is 0 Å². The minimum absolute atomic E-state index is 0.0361. The summed E-state index contributed by atoms with van der Waals surface area (Å²) in [5, 5.41) is 2.80. The van der Waals surface area contributed by atoms with Gasteiger partial charge in [0, 0.05) is 30.8 Å². The van der Waals surface area contributed by atoms with Crippen LogP contribution >= 0.6 is 0 Å². The number of allylic oxidation sites excluding steroid dienone is 1. The largest absolute Gasteiger partial charge is 0.401 e. The molecule has 0 bridgehead atoms. The molecule has 0 radical (unpaired) electrons. The van der Waals surface area contributed by atoms with Crippen LogP contribution in [0.15, 0.2) is 16.9 Å². The molecule has 0 unspecified atom stereocenters. The zero-order valence-corrected chi connectivity index (χ0v) is 8.57. The van der Waals surface area contributed by atoms with Crippen molar-refractivity contribution in [2.45, 2.75) is 19.3 Å². The van der Waals surface area contributed by atoms with Gasteiger partial charge in [0.2, 0.25) is 5.91 Å². The SMILES string of the molecule is NC(N)=N/C=C(\N)C[C@H]1CCCNC1=O. The lowest BCUT2D eigenvalue weighted by Crippen LogP contribution is -2.37. The van der Waals surface area contributed by atoms with Gasteiger partial charge in [-0.05, 0) is 12.8 Å². The maximum Gasteiger partial charge on any atom is 0.223 e. The van der Waals surface area contributed by atoms with Crippen LogP contribution in [0.25, 0.3) is 0 Å². The van der Waals surface area contributed by atoms with Gasteiger partial charge in [-0.3, -0.25) is 4.79 Å². The monoisotopic (exact) mass is 211 g/mol. The first kappa shape index (κ1) is 11.4. The van der Waals surface area contributed by atoms with E-state index in [1.165, 1.54) is 6.20 Å². The van der Waals surface area contributed by atoms with E-state index in [0.717, 1.165) is 19.4 Å². The molecule has 7 N–H and O–H groups in total. The van der Waals surface area contributed by atoms with Gasteiger partial charge in [0.15, 0.2) is 5.96 Å². The zero-order chi connectivity index (χ0) is 11.3. The minimum Gasteiger partial charge on any atom is -0.401 e. The van der Waals surface area contributed by atoms with Crippen molar-refractivity contribution < 1.29 is 4.79 Å². The number of hydrogen-bond acceptors (Lipinski definition) is 3. The number of rotatable bonds is 3. The lowest BCUT2D eigenvalue weighted by Gasteiger charge is -2.21. The highest BCUT2D eigenvalue weighted by molar-refractivity contribution is 5.79. The van der Waals surface area contributed by atoms with Gasteiger partial charge in [-0.25, -0.2) is 4.99 Å². The number of amides is 1. The zero-order valence-electron chi connectivity index (χ0n) is 8.57. The average molecular weight is 211 g/mol. The summed E-state index contributed by atoms with van der Waals surface area (Å²) in [4.78, 5) is 15.1. The van der Waals surface area contributed by atoms with E-state index in [2.05, 4.69) is 10.3 Å². The first-order valence-corrected chi connectivity index (χ1v) is 4.90. The van der Waals surface area contributed by atoms with Gasteiger partial charge in [-0.1, -0.05) is 0 Å². The molecule has 6 nitrogen and oxygen atoms in total. The number of piperidine rings is 1. The van der Waals surface area contributed by atoms with Crippen molar-refractivity contribution in [2.24, 2.45) is 28.1 Å². The Morgan fingerprint density at radius 2 is 2.27 bits per heavy atom. The highest BCUT2D eigenvalue weighted by Gasteiger charge is 2.21. The molecule has 0 saturated carbocycles. The molecule has 0 aromatic carbocycles. The van der Waals surface area contributed by atoms with Gasteiger partial charge < -0.3 is 22.5 Å². The highest BCUT2D eigenvalue weighted by atomic mass is 16.1. The van der Waals surface area contributed by atoms with Gasteiger partial charge in [0.25, 0.3) is 0 Å². The second kappa shape index (κ2) is 5.23. The third-order valence-corrected chi connectivity index (χ3v) is 2.26. The van der Waals surface area contributed by atoms with Crippen LogP contribution in [0.1, 0.15) is 19.3 Å². The van der Waals surface area contributed by atoms with Gasteiger partial charge in [-0.2, -0.15) is 0 Å². The lowest BCUT2D eigenvalue weighted by atomic mass is 9.94. The Labute approximate surface area is 88.6 Å². The van der Waals surface area contributed by atoms with Crippen LogP contribution < -0.4 is 22.5 Å². The van der Waals surface area contributed by atoms with E-state index in [4.69, 9.17) is 17.2 Å². The molecule has 1 saturated heterocycles. The number of nitrogens with one attached hydrogen (secondary N) is 1. The first-order chi connectivity index (χ1) is 7.09. The Morgan fingerprint density at radius 1 is 1.53 bits per heavy atom. The molecular weight excluding hydrogens is 194 g/mol. The van der Waals surface area contributed by atoms with Crippen LogP contribution in [0.5, 0.6) is 0 Å². The molecule has 0 spiro atoms. The Bertz CT molecular complexity index is 293. The summed E-state index contributed by atoms with van der Waals surface area (Å²) in [6.45, 7) is 0.757. The van der Waals surface area contributed by atoms with Gasteiger partial charge in [0.1, 0.15) is 0 Å². The van der Waals surface area contributed by atoms with E-state index in [1.807, 2.05) is 0 Å². The second-order valence-corrected chi connectivity index (χ2v) is 3.59. The Hall–Kier alpha value is -1.72. The van der Waals surface area contributed by atoms with Crippen molar-refractivity contribution in [1.29, 1.82) is 0 Å². The van der Waals surface area contributed by atoms with Crippen molar-refractivity contribution in [3.05, 3.63) is 11.9 Å². The van der Waals surface area contributed by atoms with Crippen LogP contribution in [-0.4, -0.2) is 18.4 Å². The normalized spacial score (nSPS) is 22.0.